The molecule has 0 radical (unpaired) electrons. The fraction of sp³-hybridized carbons (Fsp3) is 0.464. The molecule has 2 aromatic carbocycles. The van der Waals surface area contributed by atoms with Crippen LogP contribution in [0.5, 0.6) is 5.75 Å². The van der Waals surface area contributed by atoms with E-state index in [1.165, 1.54) is 5.56 Å². The summed E-state index contributed by atoms with van der Waals surface area (Å²) in [6.07, 6.45) is 0.580. The van der Waals surface area contributed by atoms with E-state index >= 15 is 0 Å². The molecule has 1 saturated heterocycles. The molecule has 2 aliphatic heterocycles. The van der Waals surface area contributed by atoms with Crippen molar-refractivity contribution in [3.8, 4) is 5.75 Å². The highest BCUT2D eigenvalue weighted by molar-refractivity contribution is 6.05. The lowest BCUT2D eigenvalue weighted by molar-refractivity contribution is -0.136. The molecule has 0 aromatic heterocycles. The number of hydrogen-bond donors (Lipinski definition) is 2. The van der Waals surface area contributed by atoms with Crippen molar-refractivity contribution in [2.45, 2.75) is 65.4 Å². The van der Waals surface area contributed by atoms with Gasteiger partial charge in [-0.15, -0.1) is 0 Å². The van der Waals surface area contributed by atoms with E-state index in [-0.39, 0.29) is 18.2 Å². The summed E-state index contributed by atoms with van der Waals surface area (Å²) in [5.74, 6) is -0.249. The monoisotopic (exact) mass is 492 g/mol. The second-order valence-corrected chi connectivity index (χ2v) is 9.51. The van der Waals surface area contributed by atoms with Gasteiger partial charge in [0.15, 0.2) is 0 Å². The van der Waals surface area contributed by atoms with Gasteiger partial charge in [-0.3, -0.25) is 24.6 Å². The molecule has 0 saturated carbocycles. The number of rotatable bonds is 11. The van der Waals surface area contributed by atoms with Crippen molar-refractivity contribution >= 4 is 17.7 Å². The summed E-state index contributed by atoms with van der Waals surface area (Å²) in [5, 5.41) is 5.76. The van der Waals surface area contributed by atoms with Crippen molar-refractivity contribution in [1.82, 2.24) is 20.4 Å². The molecule has 2 aliphatic rings. The fourth-order valence-electron chi connectivity index (χ4n) is 4.89. The maximum Gasteiger partial charge on any atom is 0.255 e. The maximum atomic E-state index is 13.0. The van der Waals surface area contributed by atoms with Gasteiger partial charge in [-0.25, -0.2) is 0 Å². The zero-order valence-corrected chi connectivity index (χ0v) is 21.4. The van der Waals surface area contributed by atoms with Gasteiger partial charge in [-0.2, -0.15) is 0 Å². The van der Waals surface area contributed by atoms with Crippen LogP contribution in [-0.4, -0.2) is 59.2 Å². The molecule has 1 fully saturated rings. The molecule has 2 aromatic rings. The topological polar surface area (TPSA) is 91.0 Å². The van der Waals surface area contributed by atoms with Gasteiger partial charge < -0.3 is 15.0 Å². The Kier molecular flexibility index (Phi) is 8.38. The molecule has 0 bridgehead atoms. The molecule has 2 heterocycles. The molecule has 0 aliphatic carbocycles. The molecule has 2 unspecified atom stereocenters. The molecular formula is C28H36N4O4. The number of ether oxygens (including phenoxy) is 1. The van der Waals surface area contributed by atoms with E-state index in [4.69, 9.17) is 4.74 Å². The first-order valence-corrected chi connectivity index (χ1v) is 12.8. The van der Waals surface area contributed by atoms with Gasteiger partial charge in [0.2, 0.25) is 11.8 Å². The summed E-state index contributed by atoms with van der Waals surface area (Å²) >= 11 is 0. The lowest BCUT2D eigenvalue weighted by Gasteiger charge is -2.29. The van der Waals surface area contributed by atoms with E-state index < -0.39 is 11.9 Å². The molecule has 0 spiro atoms. The Morgan fingerprint density at radius 3 is 2.56 bits per heavy atom. The molecule has 3 amide bonds. The Hall–Kier alpha value is -3.23. The van der Waals surface area contributed by atoms with Crippen molar-refractivity contribution in [2.24, 2.45) is 0 Å². The molecule has 8 heteroatoms. The fourth-order valence-corrected chi connectivity index (χ4v) is 4.89. The number of carbonyl (C=O) groups is 3. The third-order valence-corrected chi connectivity index (χ3v) is 7.06. The molecule has 8 nitrogen and oxygen atoms in total. The quantitative estimate of drug-likeness (QED) is 0.469. The first-order valence-electron chi connectivity index (χ1n) is 12.8. The summed E-state index contributed by atoms with van der Waals surface area (Å²) in [6, 6.07) is 13.7. The Morgan fingerprint density at radius 1 is 1.11 bits per heavy atom. The molecule has 2 N–H and O–H groups in total. The van der Waals surface area contributed by atoms with Gasteiger partial charge in [0.1, 0.15) is 18.4 Å². The predicted octanol–water partition coefficient (Wildman–Crippen LogP) is 2.85. The smallest absolute Gasteiger partial charge is 0.255 e. The minimum Gasteiger partial charge on any atom is -0.489 e. The third-order valence-electron chi connectivity index (χ3n) is 7.06. The van der Waals surface area contributed by atoms with Gasteiger partial charge in [0.25, 0.3) is 5.91 Å². The van der Waals surface area contributed by atoms with E-state index in [2.05, 4.69) is 60.6 Å². The number of fused-ring (bicyclic) bond motifs is 1. The molecular weight excluding hydrogens is 456 g/mol. The first-order chi connectivity index (χ1) is 17.4. The van der Waals surface area contributed by atoms with Crippen LogP contribution >= 0.6 is 0 Å². The largest absolute Gasteiger partial charge is 0.489 e. The lowest BCUT2D eigenvalue weighted by atomic mass is 10.0. The van der Waals surface area contributed by atoms with E-state index in [1.807, 2.05) is 6.07 Å². The normalized spacial score (nSPS) is 18.4. The summed E-state index contributed by atoms with van der Waals surface area (Å²) in [7, 11) is 0. The number of piperidine rings is 1. The van der Waals surface area contributed by atoms with Crippen molar-refractivity contribution < 1.29 is 19.1 Å². The Bertz CT molecular complexity index is 1100. The van der Waals surface area contributed by atoms with Crippen LogP contribution < -0.4 is 15.4 Å². The third kappa shape index (κ3) is 5.77. The highest BCUT2D eigenvalue weighted by Crippen LogP contribution is 2.34. The van der Waals surface area contributed by atoms with Crippen molar-refractivity contribution in [3.05, 3.63) is 64.7 Å². The van der Waals surface area contributed by atoms with Crippen LogP contribution in [0.15, 0.2) is 42.5 Å². The molecule has 192 valence electrons. The zero-order valence-electron chi connectivity index (χ0n) is 21.4. The van der Waals surface area contributed by atoms with E-state index in [0.29, 0.717) is 36.9 Å². The van der Waals surface area contributed by atoms with E-state index in [0.717, 1.165) is 37.3 Å². The number of amides is 3. The zero-order chi connectivity index (χ0) is 25.7. The van der Waals surface area contributed by atoms with Crippen molar-refractivity contribution in [2.75, 3.05) is 19.6 Å². The number of nitrogens with zero attached hydrogens (tertiary/aromatic N) is 2. The van der Waals surface area contributed by atoms with Crippen LogP contribution in [0.25, 0.3) is 0 Å². The van der Waals surface area contributed by atoms with Crippen molar-refractivity contribution in [1.29, 1.82) is 0 Å². The van der Waals surface area contributed by atoms with Crippen molar-refractivity contribution in [3.63, 3.8) is 0 Å². The van der Waals surface area contributed by atoms with Gasteiger partial charge in [-0.1, -0.05) is 44.2 Å². The summed E-state index contributed by atoms with van der Waals surface area (Å²) in [6.45, 7) is 11.1. The average Bonchev–Trinajstić information content (AvgIpc) is 3.22. The highest BCUT2D eigenvalue weighted by atomic mass is 16.5. The number of likely N-dealkylation sites (N-methyl/N-ethyl adjacent to an activating group) is 2. The highest BCUT2D eigenvalue weighted by Gasteiger charge is 2.40. The lowest BCUT2D eigenvalue weighted by Crippen LogP contribution is -2.52. The van der Waals surface area contributed by atoms with Crippen LogP contribution in [0.4, 0.5) is 0 Å². The SMILES string of the molecule is CCNCC(C)N(CC)Cc1ccc(COc2cccc3c2CN(C2CCC(=O)NC2=O)C3=O)cc1. The molecule has 4 rings (SSSR count). The van der Waals surface area contributed by atoms with E-state index in [9.17, 15) is 14.4 Å². The standard InChI is InChI=1S/C28H36N4O4/c1-4-29-15-19(3)31(5-2)16-20-9-11-21(12-10-20)18-36-25-8-6-7-22-23(25)17-32(28(22)35)24-13-14-26(33)30-27(24)34/h6-12,19,24,29H,4-5,13-18H2,1-3H3,(H,30,33,34). The summed E-state index contributed by atoms with van der Waals surface area (Å²) < 4.78 is 6.14. The van der Waals surface area contributed by atoms with Gasteiger partial charge >= 0.3 is 0 Å². The summed E-state index contributed by atoms with van der Waals surface area (Å²) in [5.41, 5.74) is 3.65. The minimum absolute atomic E-state index is 0.196. The second kappa shape index (κ2) is 11.7. The van der Waals surface area contributed by atoms with Crippen LogP contribution in [-0.2, 0) is 29.3 Å². The van der Waals surface area contributed by atoms with Crippen LogP contribution in [0.3, 0.4) is 0 Å². The average molecular weight is 493 g/mol. The molecule has 2 atom stereocenters. The number of hydrogen-bond acceptors (Lipinski definition) is 6. The maximum absolute atomic E-state index is 13.0. The van der Waals surface area contributed by atoms with Crippen LogP contribution in [0, 0.1) is 0 Å². The number of nitrogens with one attached hydrogen (secondary N) is 2. The Labute approximate surface area is 213 Å². The van der Waals surface area contributed by atoms with Gasteiger partial charge in [-0.05, 0) is 49.7 Å². The van der Waals surface area contributed by atoms with Gasteiger partial charge in [0.05, 0.1) is 6.54 Å². The number of imide groups is 1. The Morgan fingerprint density at radius 2 is 1.86 bits per heavy atom. The predicted molar refractivity (Wildman–Crippen MR) is 137 cm³/mol. The van der Waals surface area contributed by atoms with Crippen LogP contribution in [0.2, 0.25) is 0 Å². The number of benzene rings is 2. The number of carbonyl (C=O) groups excluding carboxylic acids is 3. The Balaban J connectivity index is 1.38. The second-order valence-electron chi connectivity index (χ2n) is 9.51. The summed E-state index contributed by atoms with van der Waals surface area (Å²) in [4.78, 5) is 40.8. The van der Waals surface area contributed by atoms with Crippen LogP contribution in [0.1, 0.15) is 60.7 Å². The molecule has 36 heavy (non-hydrogen) atoms. The van der Waals surface area contributed by atoms with E-state index in [1.54, 1.807) is 17.0 Å². The first kappa shape index (κ1) is 25.9. The van der Waals surface area contributed by atoms with Gasteiger partial charge in [0, 0.05) is 36.7 Å². The minimum atomic E-state index is -0.633.